The smallest absolute Gasteiger partial charge is 0.315 e. The van der Waals surface area contributed by atoms with Crippen molar-refractivity contribution >= 4 is 40.8 Å². The Morgan fingerprint density at radius 3 is 3.16 bits per heavy atom. The molecule has 0 aliphatic carbocycles. The second-order valence-electron chi connectivity index (χ2n) is 4.12. The molecule has 2 heterocycles. The molecule has 2 aliphatic rings. The molecule has 2 atom stereocenters. The van der Waals surface area contributed by atoms with Gasteiger partial charge in [-0.3, -0.25) is 10.2 Å². The third kappa shape index (κ3) is 3.39. The van der Waals surface area contributed by atoms with E-state index in [1.165, 1.54) is 7.11 Å². The number of hydrogen-bond donors (Lipinski definition) is 1. The number of allylic oxidation sites excluding steroid dienone is 2. The lowest BCUT2D eigenvalue weighted by Gasteiger charge is -2.15. The first kappa shape index (κ1) is 14.1. The van der Waals surface area contributed by atoms with Crippen LogP contribution in [0.1, 0.15) is 12.8 Å². The summed E-state index contributed by atoms with van der Waals surface area (Å²) in [6.07, 6.45) is 5.55. The fourth-order valence-corrected chi connectivity index (χ4v) is 3.14. The summed E-state index contributed by atoms with van der Waals surface area (Å²) in [5.74, 6) is -1.18. The second kappa shape index (κ2) is 6.25. The predicted molar refractivity (Wildman–Crippen MR) is 74.8 cm³/mol. The van der Waals surface area contributed by atoms with E-state index in [9.17, 15) is 9.59 Å². The van der Waals surface area contributed by atoms with Crippen LogP contribution in [0.15, 0.2) is 27.7 Å². The number of rotatable bonds is 5. The largest absolute Gasteiger partial charge is 0.468 e. The number of thioether (sulfide) groups is 1. The molecule has 0 bridgehead atoms. The zero-order valence-electron chi connectivity index (χ0n) is 10.3. The van der Waals surface area contributed by atoms with Crippen molar-refractivity contribution in [2.75, 3.05) is 7.11 Å². The first-order valence-electron chi connectivity index (χ1n) is 5.74. The molecular weight excluding hydrogens is 288 g/mol. The molecular formula is C12H13ClN2O3S. The Balaban J connectivity index is 1.93. The number of hydrazone groups is 1. The van der Waals surface area contributed by atoms with Crippen LogP contribution in [-0.4, -0.2) is 29.9 Å². The van der Waals surface area contributed by atoms with E-state index in [0.29, 0.717) is 24.3 Å². The Morgan fingerprint density at radius 2 is 2.47 bits per heavy atom. The Hall–Kier alpha value is -1.27. The number of carbonyl (C=O) groups excluding carboxylic acids is 2. The molecule has 2 aliphatic heterocycles. The molecule has 2 rings (SSSR count). The Kier molecular flexibility index (Phi) is 4.66. The van der Waals surface area contributed by atoms with E-state index in [0.717, 1.165) is 10.5 Å². The fourth-order valence-electron chi connectivity index (χ4n) is 1.85. The van der Waals surface area contributed by atoms with Gasteiger partial charge in [0, 0.05) is 0 Å². The molecule has 0 saturated carbocycles. The maximum atomic E-state index is 11.3. The van der Waals surface area contributed by atoms with Crippen LogP contribution in [0.25, 0.3) is 0 Å². The van der Waals surface area contributed by atoms with Crippen molar-refractivity contribution in [1.82, 2.24) is 5.43 Å². The molecule has 0 saturated heterocycles. The highest BCUT2D eigenvalue weighted by Crippen LogP contribution is 2.38. The van der Waals surface area contributed by atoms with Crippen molar-refractivity contribution in [2.24, 2.45) is 11.0 Å². The van der Waals surface area contributed by atoms with Gasteiger partial charge in [-0.15, -0.1) is 0 Å². The maximum absolute atomic E-state index is 11.3. The van der Waals surface area contributed by atoms with Crippen molar-refractivity contribution in [3.05, 3.63) is 22.6 Å². The van der Waals surface area contributed by atoms with Gasteiger partial charge in [0.25, 0.3) is 0 Å². The number of aldehydes is 1. The van der Waals surface area contributed by atoms with Gasteiger partial charge in [0.1, 0.15) is 22.7 Å². The SMILES string of the molecule is COC(=O)C(C=O)CCC1=CC2=CC(Cl)=NNC2S1. The van der Waals surface area contributed by atoms with E-state index < -0.39 is 11.9 Å². The van der Waals surface area contributed by atoms with Crippen LogP contribution in [0.5, 0.6) is 0 Å². The average molecular weight is 301 g/mol. The number of carbonyl (C=O) groups is 2. The summed E-state index contributed by atoms with van der Waals surface area (Å²) in [5.41, 5.74) is 3.99. The number of ether oxygens (including phenoxy) is 1. The summed E-state index contributed by atoms with van der Waals surface area (Å²) in [6.45, 7) is 0. The van der Waals surface area contributed by atoms with Crippen molar-refractivity contribution < 1.29 is 14.3 Å². The average Bonchev–Trinajstić information content (AvgIpc) is 2.80. The number of nitrogens with zero attached hydrogens (tertiary/aromatic N) is 1. The van der Waals surface area contributed by atoms with Crippen molar-refractivity contribution in [3.63, 3.8) is 0 Å². The fraction of sp³-hybridized carbons (Fsp3) is 0.417. The third-order valence-electron chi connectivity index (χ3n) is 2.84. The van der Waals surface area contributed by atoms with Crippen molar-refractivity contribution in [2.45, 2.75) is 18.2 Å². The number of halogens is 1. The highest BCUT2D eigenvalue weighted by molar-refractivity contribution is 8.04. The van der Waals surface area contributed by atoms with Gasteiger partial charge in [-0.05, 0) is 35.5 Å². The van der Waals surface area contributed by atoms with Crippen molar-refractivity contribution in [1.29, 1.82) is 0 Å². The number of fused-ring (bicyclic) bond motifs is 1. The van der Waals surface area contributed by atoms with E-state index in [-0.39, 0.29) is 5.37 Å². The molecule has 7 heteroatoms. The van der Waals surface area contributed by atoms with Gasteiger partial charge >= 0.3 is 5.97 Å². The van der Waals surface area contributed by atoms with Crippen LogP contribution >= 0.6 is 23.4 Å². The highest BCUT2D eigenvalue weighted by atomic mass is 35.5. The third-order valence-corrected chi connectivity index (χ3v) is 4.28. The number of methoxy groups -OCH3 is 1. The van der Waals surface area contributed by atoms with Crippen LogP contribution in [0.2, 0.25) is 0 Å². The Labute approximate surface area is 120 Å². The summed E-state index contributed by atoms with van der Waals surface area (Å²) < 4.78 is 4.57. The topological polar surface area (TPSA) is 67.8 Å². The van der Waals surface area contributed by atoms with Gasteiger partial charge in [-0.2, -0.15) is 5.10 Å². The molecule has 0 spiro atoms. The zero-order chi connectivity index (χ0) is 13.8. The Bertz CT molecular complexity index is 487. The summed E-state index contributed by atoms with van der Waals surface area (Å²) in [4.78, 5) is 23.2. The number of nitrogens with one attached hydrogen (secondary N) is 1. The lowest BCUT2D eigenvalue weighted by molar-refractivity contribution is -0.147. The molecule has 1 N–H and O–H groups in total. The molecule has 0 aromatic heterocycles. The molecule has 2 unspecified atom stereocenters. The van der Waals surface area contributed by atoms with E-state index in [1.54, 1.807) is 17.8 Å². The molecule has 0 aromatic rings. The molecule has 0 fully saturated rings. The molecule has 0 radical (unpaired) electrons. The van der Waals surface area contributed by atoms with Crippen LogP contribution in [0.4, 0.5) is 0 Å². The summed E-state index contributed by atoms with van der Waals surface area (Å²) in [6, 6.07) is 0. The maximum Gasteiger partial charge on any atom is 0.315 e. The van der Waals surface area contributed by atoms with Gasteiger partial charge in [0.05, 0.1) is 7.11 Å². The minimum absolute atomic E-state index is 0.0744. The van der Waals surface area contributed by atoms with E-state index in [4.69, 9.17) is 11.6 Å². The lowest BCUT2D eigenvalue weighted by atomic mass is 10.0. The Morgan fingerprint density at radius 1 is 1.68 bits per heavy atom. The zero-order valence-corrected chi connectivity index (χ0v) is 11.8. The van der Waals surface area contributed by atoms with E-state index in [2.05, 4.69) is 15.3 Å². The molecule has 0 aromatic carbocycles. The minimum Gasteiger partial charge on any atom is -0.468 e. The molecule has 19 heavy (non-hydrogen) atoms. The van der Waals surface area contributed by atoms with Crippen LogP contribution < -0.4 is 5.43 Å². The van der Waals surface area contributed by atoms with E-state index >= 15 is 0 Å². The van der Waals surface area contributed by atoms with Gasteiger partial charge < -0.3 is 9.53 Å². The number of esters is 1. The predicted octanol–water partition coefficient (Wildman–Crippen LogP) is 1.79. The van der Waals surface area contributed by atoms with Crippen LogP contribution in [0.3, 0.4) is 0 Å². The van der Waals surface area contributed by atoms with E-state index in [1.807, 2.05) is 6.08 Å². The van der Waals surface area contributed by atoms with Gasteiger partial charge in [0.15, 0.2) is 0 Å². The molecule has 102 valence electrons. The summed E-state index contributed by atoms with van der Waals surface area (Å²) in [7, 11) is 1.28. The standard InChI is InChI=1S/C12H13ClN2O3S/c1-18-12(17)7(6-16)2-3-9-4-8-5-10(13)14-15-11(8)19-9/h4-7,11,15H,2-3H2,1H3. The molecule has 5 nitrogen and oxygen atoms in total. The normalized spacial score (nSPS) is 22.4. The van der Waals surface area contributed by atoms with Crippen molar-refractivity contribution in [3.8, 4) is 0 Å². The second-order valence-corrected chi connectivity index (χ2v) is 5.74. The van der Waals surface area contributed by atoms with Crippen LogP contribution in [-0.2, 0) is 14.3 Å². The van der Waals surface area contributed by atoms with Gasteiger partial charge in [0.2, 0.25) is 0 Å². The quantitative estimate of drug-likeness (QED) is 0.476. The monoisotopic (exact) mass is 300 g/mol. The lowest BCUT2D eigenvalue weighted by Crippen LogP contribution is -2.24. The summed E-state index contributed by atoms with van der Waals surface area (Å²) >= 11 is 7.42. The molecule has 0 amide bonds. The first-order chi connectivity index (χ1) is 9.13. The van der Waals surface area contributed by atoms with Gasteiger partial charge in [-0.25, -0.2) is 0 Å². The summed E-state index contributed by atoms with van der Waals surface area (Å²) in [5, 5.41) is 4.43. The number of hydrogen-bond acceptors (Lipinski definition) is 6. The van der Waals surface area contributed by atoms with Gasteiger partial charge in [-0.1, -0.05) is 23.4 Å². The minimum atomic E-state index is -0.698. The highest BCUT2D eigenvalue weighted by Gasteiger charge is 2.26. The first-order valence-corrected chi connectivity index (χ1v) is 7.00. The van der Waals surface area contributed by atoms with Crippen LogP contribution in [0, 0.1) is 5.92 Å².